The summed E-state index contributed by atoms with van der Waals surface area (Å²) in [7, 11) is 3.42. The average molecular weight is 362 g/mol. The number of methoxy groups -OCH3 is 2. The van der Waals surface area contributed by atoms with Gasteiger partial charge in [-0.05, 0) is 36.2 Å². The SMILES string of the molecule is CCC[C@@H](O)C[NH+](CCOC)Cc1cccn1Cc1cccc(OC)c1. The molecule has 0 aliphatic carbocycles. The van der Waals surface area contributed by atoms with Crippen molar-refractivity contribution in [1.29, 1.82) is 0 Å². The summed E-state index contributed by atoms with van der Waals surface area (Å²) >= 11 is 0. The summed E-state index contributed by atoms with van der Waals surface area (Å²) < 4.78 is 12.9. The van der Waals surface area contributed by atoms with Crippen LogP contribution in [0.5, 0.6) is 5.75 Å². The van der Waals surface area contributed by atoms with E-state index in [0.717, 1.165) is 44.8 Å². The topological polar surface area (TPSA) is 48.1 Å². The predicted molar refractivity (Wildman–Crippen MR) is 104 cm³/mol. The van der Waals surface area contributed by atoms with Crippen LogP contribution in [0, 0.1) is 0 Å². The number of ether oxygens (including phenoxy) is 2. The van der Waals surface area contributed by atoms with Crippen LogP contribution >= 0.6 is 0 Å². The molecule has 0 spiro atoms. The Kier molecular flexibility index (Phi) is 8.68. The minimum absolute atomic E-state index is 0.256. The lowest BCUT2D eigenvalue weighted by Gasteiger charge is -2.23. The maximum Gasteiger partial charge on any atom is 0.119 e. The monoisotopic (exact) mass is 361 g/mol. The quantitative estimate of drug-likeness (QED) is 0.605. The summed E-state index contributed by atoms with van der Waals surface area (Å²) in [6, 6.07) is 12.4. The van der Waals surface area contributed by atoms with Gasteiger partial charge in [0.05, 0.1) is 19.4 Å². The Labute approximate surface area is 157 Å². The number of nitrogens with zero attached hydrogens (tertiary/aromatic N) is 1. The zero-order valence-corrected chi connectivity index (χ0v) is 16.3. The molecule has 0 bridgehead atoms. The Morgan fingerprint density at radius 2 is 2.04 bits per heavy atom. The van der Waals surface area contributed by atoms with Crippen molar-refractivity contribution in [2.45, 2.75) is 39.0 Å². The second-order valence-corrected chi connectivity index (χ2v) is 6.80. The number of aliphatic hydroxyl groups excluding tert-OH is 1. The van der Waals surface area contributed by atoms with Crippen LogP contribution in [0.3, 0.4) is 0 Å². The number of nitrogens with one attached hydrogen (secondary N) is 1. The molecule has 1 aromatic carbocycles. The first-order valence-corrected chi connectivity index (χ1v) is 9.43. The largest absolute Gasteiger partial charge is 0.497 e. The molecule has 0 amide bonds. The summed E-state index contributed by atoms with van der Waals surface area (Å²) in [5.41, 5.74) is 2.48. The summed E-state index contributed by atoms with van der Waals surface area (Å²) in [5.74, 6) is 0.881. The minimum atomic E-state index is -0.256. The first kappa shape index (κ1) is 20.5. The summed E-state index contributed by atoms with van der Waals surface area (Å²) in [4.78, 5) is 1.35. The molecule has 0 fully saturated rings. The van der Waals surface area contributed by atoms with Gasteiger partial charge in [-0.25, -0.2) is 0 Å². The predicted octanol–water partition coefficient (Wildman–Crippen LogP) is 1.74. The first-order chi connectivity index (χ1) is 12.7. The number of hydrogen-bond acceptors (Lipinski definition) is 3. The Hall–Kier alpha value is -1.82. The Morgan fingerprint density at radius 3 is 2.77 bits per heavy atom. The normalized spacial score (nSPS) is 13.5. The van der Waals surface area contributed by atoms with E-state index in [2.05, 4.69) is 42.0 Å². The Balaban J connectivity index is 2.05. The van der Waals surface area contributed by atoms with Crippen molar-refractivity contribution in [3.63, 3.8) is 0 Å². The van der Waals surface area contributed by atoms with Crippen LogP contribution in [0.2, 0.25) is 0 Å². The van der Waals surface area contributed by atoms with Gasteiger partial charge in [-0.2, -0.15) is 0 Å². The maximum atomic E-state index is 10.2. The van der Waals surface area contributed by atoms with E-state index in [-0.39, 0.29) is 6.10 Å². The molecule has 2 atom stereocenters. The molecular weight excluding hydrogens is 328 g/mol. The van der Waals surface area contributed by atoms with Gasteiger partial charge in [0.1, 0.15) is 31.5 Å². The van der Waals surface area contributed by atoms with Crippen molar-refractivity contribution in [2.24, 2.45) is 0 Å². The fourth-order valence-corrected chi connectivity index (χ4v) is 3.27. The number of quaternary nitrogens is 1. The minimum Gasteiger partial charge on any atom is -0.497 e. The van der Waals surface area contributed by atoms with E-state index in [1.54, 1.807) is 14.2 Å². The molecule has 5 nitrogen and oxygen atoms in total. The molecule has 0 aliphatic rings. The summed E-state index contributed by atoms with van der Waals surface area (Å²) in [6.45, 7) is 6.14. The second kappa shape index (κ2) is 11.0. The van der Waals surface area contributed by atoms with Crippen LogP contribution in [-0.2, 0) is 17.8 Å². The lowest BCUT2D eigenvalue weighted by molar-refractivity contribution is -0.917. The van der Waals surface area contributed by atoms with E-state index in [0.29, 0.717) is 6.61 Å². The lowest BCUT2D eigenvalue weighted by atomic mass is 10.2. The van der Waals surface area contributed by atoms with E-state index in [1.165, 1.54) is 16.2 Å². The fraction of sp³-hybridized carbons (Fsp3) is 0.524. The second-order valence-electron chi connectivity index (χ2n) is 6.80. The van der Waals surface area contributed by atoms with Crippen molar-refractivity contribution in [3.8, 4) is 5.75 Å². The third-order valence-electron chi connectivity index (χ3n) is 4.65. The number of benzene rings is 1. The fourth-order valence-electron chi connectivity index (χ4n) is 3.27. The third-order valence-corrected chi connectivity index (χ3v) is 4.65. The number of rotatable bonds is 12. The lowest BCUT2D eigenvalue weighted by Crippen LogP contribution is -3.12. The van der Waals surface area contributed by atoms with Gasteiger partial charge in [0.15, 0.2) is 0 Å². The Morgan fingerprint density at radius 1 is 1.19 bits per heavy atom. The molecule has 1 unspecified atom stereocenters. The molecule has 2 aromatic rings. The van der Waals surface area contributed by atoms with Gasteiger partial charge in [0, 0.05) is 19.9 Å². The molecule has 1 aromatic heterocycles. The van der Waals surface area contributed by atoms with Gasteiger partial charge in [0.2, 0.25) is 0 Å². The van der Waals surface area contributed by atoms with Crippen LogP contribution in [0.4, 0.5) is 0 Å². The van der Waals surface area contributed by atoms with E-state index in [1.807, 2.05) is 12.1 Å². The molecule has 1 heterocycles. The van der Waals surface area contributed by atoms with Crippen LogP contribution in [0.15, 0.2) is 42.6 Å². The van der Waals surface area contributed by atoms with Gasteiger partial charge < -0.3 is 24.0 Å². The van der Waals surface area contributed by atoms with E-state index in [4.69, 9.17) is 9.47 Å². The molecule has 0 saturated heterocycles. The molecule has 26 heavy (non-hydrogen) atoms. The molecule has 0 saturated carbocycles. The van der Waals surface area contributed by atoms with Crippen LogP contribution in [0.1, 0.15) is 31.0 Å². The highest BCUT2D eigenvalue weighted by Gasteiger charge is 2.17. The third kappa shape index (κ3) is 6.48. The number of hydrogen-bond donors (Lipinski definition) is 2. The van der Waals surface area contributed by atoms with Crippen molar-refractivity contribution < 1.29 is 19.5 Å². The van der Waals surface area contributed by atoms with Gasteiger partial charge in [0.25, 0.3) is 0 Å². The van der Waals surface area contributed by atoms with Crippen molar-refractivity contribution in [3.05, 3.63) is 53.9 Å². The van der Waals surface area contributed by atoms with E-state index < -0.39 is 0 Å². The first-order valence-electron chi connectivity index (χ1n) is 9.43. The van der Waals surface area contributed by atoms with Crippen LogP contribution < -0.4 is 9.64 Å². The molecule has 0 radical (unpaired) electrons. The van der Waals surface area contributed by atoms with Crippen LogP contribution in [-0.4, -0.2) is 49.7 Å². The highest BCUT2D eigenvalue weighted by Crippen LogP contribution is 2.14. The zero-order chi connectivity index (χ0) is 18.8. The van der Waals surface area contributed by atoms with Gasteiger partial charge in [-0.1, -0.05) is 25.5 Å². The summed E-state index contributed by atoms with van der Waals surface area (Å²) in [6.07, 6.45) is 3.71. The van der Waals surface area contributed by atoms with Gasteiger partial charge in [-0.3, -0.25) is 0 Å². The highest BCUT2D eigenvalue weighted by atomic mass is 16.5. The van der Waals surface area contributed by atoms with Gasteiger partial charge in [-0.15, -0.1) is 0 Å². The maximum absolute atomic E-state index is 10.2. The summed E-state index contributed by atoms with van der Waals surface area (Å²) in [5, 5.41) is 10.2. The smallest absolute Gasteiger partial charge is 0.119 e. The van der Waals surface area contributed by atoms with Crippen LogP contribution in [0.25, 0.3) is 0 Å². The van der Waals surface area contributed by atoms with Crippen molar-refractivity contribution in [2.75, 3.05) is 33.9 Å². The molecule has 2 N–H and O–H groups in total. The molecule has 5 heteroatoms. The number of aliphatic hydroxyl groups is 1. The standard InChI is InChI=1S/C21H32N2O3/c1-4-7-20(24)17-22(12-13-25-2)16-19-9-6-11-23(19)15-18-8-5-10-21(14-18)26-3/h5-6,8-11,14,20,24H,4,7,12-13,15-17H2,1-3H3/p+1/t20-/m1/s1. The van der Waals surface area contributed by atoms with E-state index >= 15 is 0 Å². The highest BCUT2D eigenvalue weighted by molar-refractivity contribution is 5.29. The Bertz CT molecular complexity index is 642. The molecule has 144 valence electrons. The molecule has 2 rings (SSSR count). The molecular formula is C21H33N2O3+. The average Bonchev–Trinajstić information content (AvgIpc) is 3.06. The zero-order valence-electron chi connectivity index (χ0n) is 16.3. The molecule has 0 aliphatic heterocycles. The van der Waals surface area contributed by atoms with Gasteiger partial charge >= 0.3 is 0 Å². The van der Waals surface area contributed by atoms with E-state index in [9.17, 15) is 5.11 Å². The number of aromatic nitrogens is 1. The van der Waals surface area contributed by atoms with Crippen molar-refractivity contribution in [1.82, 2.24) is 4.57 Å². The van der Waals surface area contributed by atoms with Crippen molar-refractivity contribution >= 4 is 0 Å².